The minimum atomic E-state index is 0.652. The summed E-state index contributed by atoms with van der Waals surface area (Å²) in [6, 6.07) is 13.7. The molecule has 2 heterocycles. The molecular formula is C16H14ClN3. The zero-order valence-electron chi connectivity index (χ0n) is 11.3. The van der Waals surface area contributed by atoms with Crippen molar-refractivity contribution in [3.8, 4) is 0 Å². The number of nitrogens with zero attached hydrogens (tertiary/aromatic N) is 2. The number of aryl methyl sites for hydroxylation is 2. The molecule has 2 aromatic heterocycles. The lowest BCUT2D eigenvalue weighted by atomic mass is 10.2. The molecule has 100 valence electrons. The van der Waals surface area contributed by atoms with Crippen molar-refractivity contribution < 1.29 is 0 Å². The lowest BCUT2D eigenvalue weighted by Crippen LogP contribution is -1.98. The smallest absolute Gasteiger partial charge is 0.132 e. The van der Waals surface area contributed by atoms with E-state index in [1.54, 1.807) is 0 Å². The van der Waals surface area contributed by atoms with Crippen LogP contribution in [0.1, 0.15) is 11.3 Å². The number of halogens is 1. The van der Waals surface area contributed by atoms with Gasteiger partial charge in [-0.2, -0.15) is 0 Å². The SMILES string of the molecule is Cc1cc(C)nc(Nc2ccc3cccc(Cl)c3n2)c1. The van der Waals surface area contributed by atoms with E-state index in [1.165, 1.54) is 5.56 Å². The Morgan fingerprint density at radius 1 is 0.950 bits per heavy atom. The van der Waals surface area contributed by atoms with Crippen LogP contribution >= 0.6 is 11.6 Å². The van der Waals surface area contributed by atoms with E-state index < -0.39 is 0 Å². The fraction of sp³-hybridized carbons (Fsp3) is 0.125. The molecular weight excluding hydrogens is 270 g/mol. The Labute approximate surface area is 122 Å². The predicted octanol–water partition coefficient (Wildman–Crippen LogP) is 4.64. The number of para-hydroxylation sites is 1. The fourth-order valence-electron chi connectivity index (χ4n) is 2.22. The van der Waals surface area contributed by atoms with Gasteiger partial charge in [0, 0.05) is 11.1 Å². The third kappa shape index (κ3) is 2.58. The molecule has 0 fully saturated rings. The number of rotatable bonds is 2. The maximum Gasteiger partial charge on any atom is 0.132 e. The first-order valence-electron chi connectivity index (χ1n) is 6.39. The summed E-state index contributed by atoms with van der Waals surface area (Å²) in [6.07, 6.45) is 0. The van der Waals surface area contributed by atoms with Crippen LogP contribution in [0, 0.1) is 13.8 Å². The van der Waals surface area contributed by atoms with Crippen molar-refractivity contribution in [2.24, 2.45) is 0 Å². The van der Waals surface area contributed by atoms with Gasteiger partial charge in [0.25, 0.3) is 0 Å². The van der Waals surface area contributed by atoms with Crippen molar-refractivity contribution in [2.45, 2.75) is 13.8 Å². The minimum absolute atomic E-state index is 0.652. The average Bonchev–Trinajstić information content (AvgIpc) is 2.38. The van der Waals surface area contributed by atoms with E-state index in [2.05, 4.69) is 15.3 Å². The molecule has 20 heavy (non-hydrogen) atoms. The minimum Gasteiger partial charge on any atom is -0.325 e. The fourth-order valence-corrected chi connectivity index (χ4v) is 2.44. The number of hydrogen-bond acceptors (Lipinski definition) is 3. The molecule has 0 aliphatic carbocycles. The number of benzene rings is 1. The van der Waals surface area contributed by atoms with Gasteiger partial charge in [-0.25, -0.2) is 9.97 Å². The summed E-state index contributed by atoms with van der Waals surface area (Å²) in [5, 5.41) is 4.90. The van der Waals surface area contributed by atoms with E-state index in [-0.39, 0.29) is 0 Å². The number of aromatic nitrogens is 2. The molecule has 0 saturated heterocycles. The monoisotopic (exact) mass is 283 g/mol. The van der Waals surface area contributed by atoms with Gasteiger partial charge in [0.15, 0.2) is 0 Å². The van der Waals surface area contributed by atoms with Crippen molar-refractivity contribution >= 4 is 34.1 Å². The highest BCUT2D eigenvalue weighted by Gasteiger charge is 2.04. The summed E-state index contributed by atoms with van der Waals surface area (Å²) in [5.74, 6) is 1.53. The quantitative estimate of drug-likeness (QED) is 0.744. The molecule has 0 bridgehead atoms. The Balaban J connectivity index is 2.00. The van der Waals surface area contributed by atoms with Crippen LogP contribution < -0.4 is 5.32 Å². The van der Waals surface area contributed by atoms with Gasteiger partial charge < -0.3 is 5.32 Å². The number of anilines is 2. The first-order chi connectivity index (χ1) is 9.61. The van der Waals surface area contributed by atoms with Crippen LogP contribution in [0.25, 0.3) is 10.9 Å². The van der Waals surface area contributed by atoms with Gasteiger partial charge in [-0.3, -0.25) is 0 Å². The Kier molecular flexibility index (Phi) is 3.28. The Morgan fingerprint density at radius 2 is 1.80 bits per heavy atom. The van der Waals surface area contributed by atoms with Crippen molar-refractivity contribution in [1.82, 2.24) is 9.97 Å². The summed E-state index contributed by atoms with van der Waals surface area (Å²) in [6.45, 7) is 4.02. The predicted molar refractivity (Wildman–Crippen MR) is 83.7 cm³/mol. The molecule has 0 saturated carbocycles. The zero-order chi connectivity index (χ0) is 14.1. The van der Waals surface area contributed by atoms with E-state index in [4.69, 9.17) is 11.6 Å². The summed E-state index contributed by atoms with van der Waals surface area (Å²) in [7, 11) is 0. The lowest BCUT2D eigenvalue weighted by molar-refractivity contribution is 1.17. The van der Waals surface area contributed by atoms with E-state index in [9.17, 15) is 0 Å². The van der Waals surface area contributed by atoms with Gasteiger partial charge in [0.2, 0.25) is 0 Å². The van der Waals surface area contributed by atoms with Crippen LogP contribution in [0.2, 0.25) is 5.02 Å². The topological polar surface area (TPSA) is 37.8 Å². The number of pyridine rings is 2. The largest absolute Gasteiger partial charge is 0.325 e. The highest BCUT2D eigenvalue weighted by atomic mass is 35.5. The summed E-state index contributed by atoms with van der Waals surface area (Å²) in [4.78, 5) is 8.99. The number of fused-ring (bicyclic) bond motifs is 1. The zero-order valence-corrected chi connectivity index (χ0v) is 12.1. The molecule has 1 aromatic carbocycles. The van der Waals surface area contributed by atoms with Gasteiger partial charge in [0.05, 0.1) is 10.5 Å². The van der Waals surface area contributed by atoms with Crippen LogP contribution in [0.15, 0.2) is 42.5 Å². The summed E-state index contributed by atoms with van der Waals surface area (Å²) in [5.41, 5.74) is 2.94. The van der Waals surface area contributed by atoms with Crippen LogP contribution in [0.4, 0.5) is 11.6 Å². The average molecular weight is 284 g/mol. The second-order valence-corrected chi connectivity index (χ2v) is 5.21. The third-order valence-corrected chi connectivity index (χ3v) is 3.33. The van der Waals surface area contributed by atoms with E-state index in [1.807, 2.05) is 56.3 Å². The third-order valence-electron chi connectivity index (χ3n) is 3.02. The molecule has 0 aliphatic heterocycles. The van der Waals surface area contributed by atoms with E-state index in [0.29, 0.717) is 5.02 Å². The van der Waals surface area contributed by atoms with Crippen LogP contribution in [-0.4, -0.2) is 9.97 Å². The van der Waals surface area contributed by atoms with Crippen molar-refractivity contribution in [1.29, 1.82) is 0 Å². The van der Waals surface area contributed by atoms with Crippen LogP contribution in [-0.2, 0) is 0 Å². The molecule has 4 heteroatoms. The molecule has 3 aromatic rings. The molecule has 0 atom stereocenters. The summed E-state index contributed by atoms with van der Waals surface area (Å²) >= 11 is 6.18. The van der Waals surface area contributed by atoms with Crippen LogP contribution in [0.5, 0.6) is 0 Å². The second-order valence-electron chi connectivity index (χ2n) is 4.80. The standard InChI is InChI=1S/C16H14ClN3/c1-10-8-11(2)18-15(9-10)19-14-7-6-12-4-3-5-13(17)16(12)20-14/h3-9H,1-2H3,(H,18,19,20). The number of hydrogen-bond donors (Lipinski definition) is 1. The normalized spacial score (nSPS) is 10.8. The van der Waals surface area contributed by atoms with Crippen molar-refractivity contribution in [2.75, 3.05) is 5.32 Å². The first kappa shape index (κ1) is 12.9. The second kappa shape index (κ2) is 5.10. The first-order valence-corrected chi connectivity index (χ1v) is 6.77. The molecule has 3 rings (SSSR count). The van der Waals surface area contributed by atoms with Crippen molar-refractivity contribution in [3.63, 3.8) is 0 Å². The highest BCUT2D eigenvalue weighted by Crippen LogP contribution is 2.24. The van der Waals surface area contributed by atoms with Gasteiger partial charge >= 0.3 is 0 Å². The lowest BCUT2D eigenvalue weighted by Gasteiger charge is -2.08. The van der Waals surface area contributed by atoms with Gasteiger partial charge in [-0.15, -0.1) is 0 Å². The van der Waals surface area contributed by atoms with Gasteiger partial charge in [-0.1, -0.05) is 23.7 Å². The van der Waals surface area contributed by atoms with Gasteiger partial charge in [0.1, 0.15) is 11.6 Å². The highest BCUT2D eigenvalue weighted by molar-refractivity contribution is 6.35. The van der Waals surface area contributed by atoms with Crippen LogP contribution in [0.3, 0.4) is 0 Å². The molecule has 0 aliphatic rings. The van der Waals surface area contributed by atoms with E-state index in [0.717, 1.165) is 28.2 Å². The molecule has 0 spiro atoms. The van der Waals surface area contributed by atoms with Gasteiger partial charge in [-0.05, 0) is 49.7 Å². The molecule has 0 radical (unpaired) electrons. The molecule has 0 unspecified atom stereocenters. The Bertz CT molecular complexity index is 764. The van der Waals surface area contributed by atoms with Crippen molar-refractivity contribution in [3.05, 3.63) is 58.7 Å². The number of nitrogens with one attached hydrogen (secondary N) is 1. The molecule has 0 amide bonds. The Morgan fingerprint density at radius 3 is 2.60 bits per heavy atom. The Hall–Kier alpha value is -2.13. The summed E-state index contributed by atoms with van der Waals surface area (Å²) < 4.78 is 0. The maximum atomic E-state index is 6.18. The maximum absolute atomic E-state index is 6.18. The molecule has 3 nitrogen and oxygen atoms in total. The van der Waals surface area contributed by atoms with E-state index >= 15 is 0 Å². The molecule has 1 N–H and O–H groups in total.